The first-order chi connectivity index (χ1) is 9.39. The summed E-state index contributed by atoms with van der Waals surface area (Å²) in [5, 5.41) is 14.2. The molecule has 0 amide bonds. The second-order valence-electron chi connectivity index (χ2n) is 5.60. The van der Waals surface area contributed by atoms with Crippen molar-refractivity contribution < 1.29 is 14.4 Å². The second-order valence-corrected chi connectivity index (χ2v) is 5.60. The number of morpholine rings is 1. The molecule has 1 aromatic carbocycles. The van der Waals surface area contributed by atoms with Crippen molar-refractivity contribution in [2.24, 2.45) is 0 Å². The predicted molar refractivity (Wildman–Crippen MR) is 75.2 cm³/mol. The first-order valence-electron chi connectivity index (χ1n) is 6.64. The fourth-order valence-electron chi connectivity index (χ4n) is 2.30. The summed E-state index contributed by atoms with van der Waals surface area (Å²) in [6, 6.07) is 4.85. The van der Waals surface area contributed by atoms with Gasteiger partial charge in [-0.25, -0.2) is 0 Å². The van der Waals surface area contributed by atoms with E-state index in [2.05, 4.69) is 5.32 Å². The van der Waals surface area contributed by atoms with E-state index >= 15 is 0 Å². The van der Waals surface area contributed by atoms with Crippen LogP contribution >= 0.6 is 0 Å². The molecule has 0 spiro atoms. The standard InChI is InChI=1S/C14H20N2O4/c1-10-12(16(17)18)5-4-6-13(10)19-8-11-7-15-9-14(2,3)20-11/h4-6,11,15H,7-9H2,1-3H3. The van der Waals surface area contributed by atoms with Crippen molar-refractivity contribution >= 4 is 5.69 Å². The highest BCUT2D eigenvalue weighted by Crippen LogP contribution is 2.27. The third-order valence-corrected chi connectivity index (χ3v) is 3.29. The minimum absolute atomic E-state index is 0.0580. The van der Waals surface area contributed by atoms with Gasteiger partial charge in [0.25, 0.3) is 5.69 Å². The van der Waals surface area contributed by atoms with Crippen molar-refractivity contribution in [2.45, 2.75) is 32.5 Å². The zero-order chi connectivity index (χ0) is 14.8. The van der Waals surface area contributed by atoms with Gasteiger partial charge in [-0.2, -0.15) is 0 Å². The van der Waals surface area contributed by atoms with Gasteiger partial charge in [-0.05, 0) is 26.8 Å². The fourth-order valence-corrected chi connectivity index (χ4v) is 2.30. The molecule has 1 saturated heterocycles. The molecule has 1 fully saturated rings. The molecule has 0 saturated carbocycles. The Morgan fingerprint density at radius 3 is 2.95 bits per heavy atom. The maximum absolute atomic E-state index is 10.9. The largest absolute Gasteiger partial charge is 0.490 e. The molecule has 0 aromatic heterocycles. The van der Waals surface area contributed by atoms with Crippen molar-refractivity contribution in [1.82, 2.24) is 5.32 Å². The van der Waals surface area contributed by atoms with Crippen LogP contribution in [0.2, 0.25) is 0 Å². The first-order valence-corrected chi connectivity index (χ1v) is 6.64. The van der Waals surface area contributed by atoms with E-state index in [1.807, 2.05) is 13.8 Å². The van der Waals surface area contributed by atoms with Gasteiger partial charge in [0.05, 0.1) is 16.1 Å². The molecular formula is C14H20N2O4. The quantitative estimate of drug-likeness (QED) is 0.675. The lowest BCUT2D eigenvalue weighted by atomic mass is 10.1. The summed E-state index contributed by atoms with van der Waals surface area (Å²) < 4.78 is 11.6. The molecule has 1 aliphatic rings. The van der Waals surface area contributed by atoms with Gasteiger partial charge >= 0.3 is 0 Å². The summed E-state index contributed by atoms with van der Waals surface area (Å²) in [6.07, 6.45) is -0.0580. The number of nitrogens with one attached hydrogen (secondary N) is 1. The molecule has 0 aliphatic carbocycles. The number of benzene rings is 1. The maximum atomic E-state index is 10.9. The number of nitro groups is 1. The Balaban J connectivity index is 2.01. The van der Waals surface area contributed by atoms with Gasteiger partial charge in [-0.15, -0.1) is 0 Å². The molecule has 1 aromatic rings. The molecule has 0 bridgehead atoms. The second kappa shape index (κ2) is 5.76. The summed E-state index contributed by atoms with van der Waals surface area (Å²) in [6.45, 7) is 7.63. The van der Waals surface area contributed by atoms with E-state index in [0.717, 1.165) is 13.1 Å². The maximum Gasteiger partial charge on any atom is 0.276 e. The molecule has 6 heteroatoms. The van der Waals surface area contributed by atoms with Gasteiger partial charge in [0.15, 0.2) is 0 Å². The van der Waals surface area contributed by atoms with Crippen LogP contribution in [-0.2, 0) is 4.74 Å². The lowest BCUT2D eigenvalue weighted by Gasteiger charge is -2.36. The molecule has 1 unspecified atom stereocenters. The minimum atomic E-state index is -0.399. The molecule has 20 heavy (non-hydrogen) atoms. The van der Waals surface area contributed by atoms with Crippen LogP contribution in [0.1, 0.15) is 19.4 Å². The summed E-state index contributed by atoms with van der Waals surface area (Å²) in [5.41, 5.74) is 0.398. The Bertz CT molecular complexity index is 502. The van der Waals surface area contributed by atoms with Gasteiger partial charge in [0.1, 0.15) is 18.5 Å². The van der Waals surface area contributed by atoms with Gasteiger partial charge in [-0.3, -0.25) is 10.1 Å². The summed E-state index contributed by atoms with van der Waals surface area (Å²) in [5.74, 6) is 0.533. The Kier molecular flexibility index (Phi) is 4.25. The fraction of sp³-hybridized carbons (Fsp3) is 0.571. The van der Waals surface area contributed by atoms with Crippen LogP contribution in [0, 0.1) is 17.0 Å². The normalized spacial score (nSPS) is 21.4. The zero-order valence-corrected chi connectivity index (χ0v) is 12.0. The zero-order valence-electron chi connectivity index (χ0n) is 12.0. The van der Waals surface area contributed by atoms with E-state index in [9.17, 15) is 10.1 Å². The van der Waals surface area contributed by atoms with Gasteiger partial charge in [0.2, 0.25) is 0 Å². The van der Waals surface area contributed by atoms with Crippen LogP contribution in [0.3, 0.4) is 0 Å². The summed E-state index contributed by atoms with van der Waals surface area (Å²) >= 11 is 0. The average Bonchev–Trinajstić information content (AvgIpc) is 2.36. The molecule has 1 aliphatic heterocycles. The van der Waals surface area contributed by atoms with Crippen molar-refractivity contribution in [3.05, 3.63) is 33.9 Å². The van der Waals surface area contributed by atoms with E-state index < -0.39 is 4.92 Å². The number of hydrogen-bond donors (Lipinski definition) is 1. The van der Waals surface area contributed by atoms with Crippen LogP contribution in [0.5, 0.6) is 5.75 Å². The monoisotopic (exact) mass is 280 g/mol. The molecule has 2 rings (SSSR count). The lowest BCUT2D eigenvalue weighted by molar-refractivity contribution is -0.385. The van der Waals surface area contributed by atoms with Crippen molar-refractivity contribution in [3.8, 4) is 5.75 Å². The van der Waals surface area contributed by atoms with Crippen molar-refractivity contribution in [3.63, 3.8) is 0 Å². The van der Waals surface area contributed by atoms with E-state index in [1.165, 1.54) is 6.07 Å². The Hall–Kier alpha value is -1.66. The first kappa shape index (κ1) is 14.7. The Morgan fingerprint density at radius 2 is 2.30 bits per heavy atom. The average molecular weight is 280 g/mol. The number of nitro benzene ring substituents is 1. The Morgan fingerprint density at radius 1 is 1.55 bits per heavy atom. The molecular weight excluding hydrogens is 260 g/mol. The van der Waals surface area contributed by atoms with Crippen molar-refractivity contribution in [2.75, 3.05) is 19.7 Å². The van der Waals surface area contributed by atoms with Gasteiger partial charge < -0.3 is 14.8 Å². The third kappa shape index (κ3) is 3.46. The van der Waals surface area contributed by atoms with Crippen LogP contribution in [-0.4, -0.2) is 36.3 Å². The molecule has 1 N–H and O–H groups in total. The van der Waals surface area contributed by atoms with Crippen LogP contribution < -0.4 is 10.1 Å². The highest BCUT2D eigenvalue weighted by Gasteiger charge is 2.28. The third-order valence-electron chi connectivity index (χ3n) is 3.29. The number of nitrogens with zero attached hydrogens (tertiary/aromatic N) is 1. The molecule has 0 radical (unpaired) electrons. The molecule has 6 nitrogen and oxygen atoms in total. The predicted octanol–water partition coefficient (Wildman–Crippen LogP) is 2.05. The van der Waals surface area contributed by atoms with Crippen LogP contribution in [0.25, 0.3) is 0 Å². The summed E-state index contributed by atoms with van der Waals surface area (Å²) in [7, 11) is 0. The smallest absolute Gasteiger partial charge is 0.276 e. The molecule has 1 atom stereocenters. The van der Waals surface area contributed by atoms with Crippen LogP contribution in [0.15, 0.2) is 18.2 Å². The topological polar surface area (TPSA) is 73.6 Å². The molecule has 110 valence electrons. The Labute approximate surface area is 118 Å². The van der Waals surface area contributed by atoms with Crippen LogP contribution in [0.4, 0.5) is 5.69 Å². The molecule has 1 heterocycles. The SMILES string of the molecule is Cc1c(OCC2CNCC(C)(C)O2)cccc1[N+](=O)[O-]. The highest BCUT2D eigenvalue weighted by atomic mass is 16.6. The lowest BCUT2D eigenvalue weighted by Crippen LogP contribution is -2.52. The van der Waals surface area contributed by atoms with Gasteiger partial charge in [0, 0.05) is 19.2 Å². The minimum Gasteiger partial charge on any atom is -0.490 e. The summed E-state index contributed by atoms with van der Waals surface area (Å²) in [4.78, 5) is 10.5. The van der Waals surface area contributed by atoms with E-state index in [4.69, 9.17) is 9.47 Å². The van der Waals surface area contributed by atoms with E-state index in [-0.39, 0.29) is 17.4 Å². The number of rotatable bonds is 4. The highest BCUT2D eigenvalue weighted by molar-refractivity contribution is 5.48. The van der Waals surface area contributed by atoms with Crippen molar-refractivity contribution in [1.29, 1.82) is 0 Å². The van der Waals surface area contributed by atoms with E-state index in [0.29, 0.717) is 17.9 Å². The number of hydrogen-bond acceptors (Lipinski definition) is 5. The van der Waals surface area contributed by atoms with Gasteiger partial charge in [-0.1, -0.05) is 6.07 Å². The van der Waals surface area contributed by atoms with E-state index in [1.54, 1.807) is 19.1 Å². The number of ether oxygens (including phenoxy) is 2.